The van der Waals surface area contributed by atoms with Gasteiger partial charge in [-0.25, -0.2) is 0 Å². The molecule has 0 aromatic rings. The highest BCUT2D eigenvalue weighted by Crippen LogP contribution is 2.29. The van der Waals surface area contributed by atoms with Crippen molar-refractivity contribution in [2.24, 2.45) is 0 Å². The second-order valence-electron chi connectivity index (χ2n) is 2.53. The molecule has 0 rings (SSSR count). The molecule has 0 saturated carbocycles. The molecule has 0 N–H and O–H groups in total. The first kappa shape index (κ1) is 14.8. The van der Waals surface area contributed by atoms with Crippen LogP contribution in [0, 0.1) is 0 Å². The lowest BCUT2D eigenvalue weighted by molar-refractivity contribution is -0.0920. The molecule has 0 fully saturated rings. The van der Waals surface area contributed by atoms with E-state index in [2.05, 4.69) is 6.58 Å². The van der Waals surface area contributed by atoms with Crippen LogP contribution in [0.15, 0.2) is 23.3 Å². The lowest BCUT2D eigenvalue weighted by Crippen LogP contribution is -2.11. The van der Waals surface area contributed by atoms with Gasteiger partial charge in [0.25, 0.3) is 0 Å². The Hall–Kier alpha value is -0.730. The molecule has 0 bridgehead atoms. The van der Waals surface area contributed by atoms with Crippen LogP contribution in [0.2, 0.25) is 0 Å². The number of alkyl halides is 3. The molecule has 0 aromatic heterocycles. The van der Waals surface area contributed by atoms with Gasteiger partial charge in [0, 0.05) is 5.57 Å². The van der Waals surface area contributed by atoms with E-state index < -0.39 is 11.7 Å². The van der Waals surface area contributed by atoms with Crippen molar-refractivity contribution < 1.29 is 13.2 Å². The van der Waals surface area contributed by atoms with Crippen molar-refractivity contribution in [1.82, 2.24) is 0 Å². The third kappa shape index (κ3) is 5.50. The van der Waals surface area contributed by atoms with Gasteiger partial charge < -0.3 is 0 Å². The molecule has 0 radical (unpaired) electrons. The Labute approximate surface area is 78.1 Å². The van der Waals surface area contributed by atoms with E-state index in [0.717, 1.165) is 6.92 Å². The van der Waals surface area contributed by atoms with Gasteiger partial charge in [0.05, 0.1) is 0 Å². The van der Waals surface area contributed by atoms with Gasteiger partial charge >= 0.3 is 6.18 Å². The van der Waals surface area contributed by atoms with E-state index in [9.17, 15) is 13.2 Å². The summed E-state index contributed by atoms with van der Waals surface area (Å²) in [4.78, 5) is 0. The van der Waals surface area contributed by atoms with Gasteiger partial charge in [-0.2, -0.15) is 13.2 Å². The summed E-state index contributed by atoms with van der Waals surface area (Å²) in [6.07, 6.45) is -4.22. The lowest BCUT2D eigenvalue weighted by atomic mass is 10.1. The van der Waals surface area contributed by atoms with E-state index in [1.165, 1.54) is 6.92 Å². The highest BCUT2D eigenvalue weighted by molar-refractivity contribution is 5.30. The van der Waals surface area contributed by atoms with Crippen LogP contribution in [0.1, 0.15) is 34.6 Å². The lowest BCUT2D eigenvalue weighted by Gasteiger charge is -2.10. The van der Waals surface area contributed by atoms with Crippen molar-refractivity contribution in [1.29, 1.82) is 0 Å². The average molecular weight is 194 g/mol. The summed E-state index contributed by atoms with van der Waals surface area (Å²) in [7, 11) is 0. The second kappa shape index (κ2) is 5.84. The summed E-state index contributed by atoms with van der Waals surface area (Å²) < 4.78 is 35.9. The van der Waals surface area contributed by atoms with Crippen LogP contribution in [0.25, 0.3) is 0 Å². The van der Waals surface area contributed by atoms with Gasteiger partial charge in [-0.15, -0.1) is 0 Å². The van der Waals surface area contributed by atoms with Crippen molar-refractivity contribution >= 4 is 0 Å². The Morgan fingerprint density at radius 1 is 1.00 bits per heavy atom. The normalized spacial score (nSPS) is 12.6. The SMILES string of the molecule is C=C(C)/C(C)=C(\C)C(F)(F)F.CC. The minimum atomic E-state index is -4.22. The molecule has 0 heterocycles. The summed E-state index contributed by atoms with van der Waals surface area (Å²) in [6.45, 7) is 11.5. The van der Waals surface area contributed by atoms with Crippen molar-refractivity contribution in [3.8, 4) is 0 Å². The zero-order valence-corrected chi connectivity index (χ0v) is 8.84. The van der Waals surface area contributed by atoms with E-state index in [-0.39, 0.29) is 5.57 Å². The quantitative estimate of drug-likeness (QED) is 0.539. The number of hydrogen-bond acceptors (Lipinski definition) is 0. The first-order valence-corrected chi connectivity index (χ1v) is 4.17. The Morgan fingerprint density at radius 2 is 1.31 bits per heavy atom. The molecule has 0 aliphatic carbocycles. The third-order valence-corrected chi connectivity index (χ3v) is 1.63. The van der Waals surface area contributed by atoms with E-state index in [4.69, 9.17) is 0 Å². The van der Waals surface area contributed by atoms with Crippen molar-refractivity contribution in [3.63, 3.8) is 0 Å². The minimum absolute atomic E-state index is 0.220. The van der Waals surface area contributed by atoms with E-state index in [1.807, 2.05) is 13.8 Å². The molecular formula is C10H17F3. The molecule has 13 heavy (non-hydrogen) atoms. The van der Waals surface area contributed by atoms with Crippen molar-refractivity contribution in [2.45, 2.75) is 40.8 Å². The number of hydrogen-bond donors (Lipinski definition) is 0. The van der Waals surface area contributed by atoms with Crippen LogP contribution < -0.4 is 0 Å². The Bertz CT molecular complexity index is 197. The van der Waals surface area contributed by atoms with Gasteiger partial charge in [-0.3, -0.25) is 0 Å². The van der Waals surface area contributed by atoms with Crippen LogP contribution in [0.5, 0.6) is 0 Å². The number of allylic oxidation sites excluding steroid dienone is 3. The van der Waals surface area contributed by atoms with Gasteiger partial charge in [-0.1, -0.05) is 26.0 Å². The zero-order valence-electron chi connectivity index (χ0n) is 8.84. The van der Waals surface area contributed by atoms with Crippen LogP contribution in [0.4, 0.5) is 13.2 Å². The molecule has 0 atom stereocenters. The van der Waals surface area contributed by atoms with Crippen LogP contribution >= 0.6 is 0 Å². The summed E-state index contributed by atoms with van der Waals surface area (Å²) >= 11 is 0. The van der Waals surface area contributed by atoms with E-state index in [0.29, 0.717) is 5.57 Å². The number of halogens is 3. The predicted octanol–water partition coefficient (Wildman–Crippen LogP) is 4.49. The molecule has 0 saturated heterocycles. The van der Waals surface area contributed by atoms with Crippen LogP contribution in [-0.4, -0.2) is 6.18 Å². The first-order chi connectivity index (χ1) is 5.76. The summed E-state index contributed by atoms with van der Waals surface area (Å²) in [5.41, 5.74) is 0.113. The molecule has 3 heteroatoms. The van der Waals surface area contributed by atoms with Crippen molar-refractivity contribution in [2.75, 3.05) is 0 Å². The standard InChI is InChI=1S/C8H11F3.C2H6/c1-5(2)6(3)7(4)8(9,10)11;1-2/h1H2,2-4H3;1-2H3/b7-6+;. The fourth-order valence-electron chi connectivity index (χ4n) is 0.533. The average Bonchev–Trinajstić information content (AvgIpc) is 2.03. The molecule has 0 aliphatic rings. The molecular weight excluding hydrogens is 177 g/mol. The monoisotopic (exact) mass is 194 g/mol. The van der Waals surface area contributed by atoms with Gasteiger partial charge in [-0.05, 0) is 26.3 Å². The Kier molecular flexibility index (Phi) is 6.63. The Morgan fingerprint density at radius 3 is 1.38 bits per heavy atom. The molecule has 0 aromatic carbocycles. The van der Waals surface area contributed by atoms with Crippen LogP contribution in [-0.2, 0) is 0 Å². The summed E-state index contributed by atoms with van der Waals surface area (Å²) in [5.74, 6) is 0. The van der Waals surface area contributed by atoms with Gasteiger partial charge in [0.1, 0.15) is 0 Å². The summed E-state index contributed by atoms with van der Waals surface area (Å²) in [6, 6.07) is 0. The first-order valence-electron chi connectivity index (χ1n) is 4.17. The molecule has 0 unspecified atom stereocenters. The fourth-order valence-corrected chi connectivity index (χ4v) is 0.533. The highest BCUT2D eigenvalue weighted by atomic mass is 19.4. The van der Waals surface area contributed by atoms with Gasteiger partial charge in [0.15, 0.2) is 0 Å². The van der Waals surface area contributed by atoms with Crippen molar-refractivity contribution in [3.05, 3.63) is 23.3 Å². The smallest absolute Gasteiger partial charge is 0.166 e. The largest absolute Gasteiger partial charge is 0.412 e. The third-order valence-electron chi connectivity index (χ3n) is 1.63. The molecule has 78 valence electrons. The predicted molar refractivity (Wildman–Crippen MR) is 50.6 cm³/mol. The van der Waals surface area contributed by atoms with E-state index in [1.54, 1.807) is 6.92 Å². The maximum atomic E-state index is 12.0. The molecule has 0 nitrogen and oxygen atoms in total. The maximum Gasteiger partial charge on any atom is 0.412 e. The molecule has 0 spiro atoms. The summed E-state index contributed by atoms with van der Waals surface area (Å²) in [5, 5.41) is 0. The van der Waals surface area contributed by atoms with Crippen LogP contribution in [0.3, 0.4) is 0 Å². The van der Waals surface area contributed by atoms with E-state index >= 15 is 0 Å². The Balaban J connectivity index is 0. The maximum absolute atomic E-state index is 12.0. The molecule has 0 aliphatic heterocycles. The van der Waals surface area contributed by atoms with Gasteiger partial charge in [0.2, 0.25) is 0 Å². The minimum Gasteiger partial charge on any atom is -0.166 e. The topological polar surface area (TPSA) is 0 Å². The second-order valence-corrected chi connectivity index (χ2v) is 2.53. The molecule has 0 amide bonds. The highest BCUT2D eigenvalue weighted by Gasteiger charge is 2.31. The zero-order chi connectivity index (χ0) is 11.2. The number of rotatable bonds is 1. The fraction of sp³-hybridized carbons (Fsp3) is 0.600.